The lowest BCUT2D eigenvalue weighted by atomic mass is 10.1. The first kappa shape index (κ1) is 26.5. The van der Waals surface area contributed by atoms with E-state index >= 15 is 0 Å². The van der Waals surface area contributed by atoms with Crippen molar-refractivity contribution < 1.29 is 41.8 Å². The molecule has 13 nitrogen and oxygen atoms in total. The third-order valence-electron chi connectivity index (χ3n) is 4.45. The molecule has 0 aromatic heterocycles. The summed E-state index contributed by atoms with van der Waals surface area (Å²) in [4.78, 5) is 64.8. The lowest BCUT2D eigenvalue weighted by Gasteiger charge is -2.23. The van der Waals surface area contributed by atoms with Crippen LogP contribution in [0.5, 0.6) is 0 Å². The van der Waals surface area contributed by atoms with E-state index in [4.69, 9.17) is 4.55 Å². The second kappa shape index (κ2) is 11.7. The summed E-state index contributed by atoms with van der Waals surface area (Å²) in [5, 5.41) is 3.24. The van der Waals surface area contributed by atoms with Crippen LogP contribution in [-0.2, 0) is 38.9 Å². The van der Waals surface area contributed by atoms with Gasteiger partial charge in [-0.3, -0.25) is 28.6 Å². The van der Waals surface area contributed by atoms with Crippen LogP contribution in [0.15, 0.2) is 0 Å². The second-order valence-corrected chi connectivity index (χ2v) is 8.80. The highest BCUT2D eigenvalue weighted by molar-refractivity contribution is 7.87. The zero-order chi connectivity index (χ0) is 23.8. The number of carbonyl (C=O) groups is 5. The molecule has 0 aliphatic carbocycles. The molecule has 14 heteroatoms. The van der Waals surface area contributed by atoms with Crippen molar-refractivity contribution in [1.29, 1.82) is 0 Å². The predicted molar refractivity (Wildman–Crippen MR) is 106 cm³/mol. The molecule has 31 heavy (non-hydrogen) atoms. The molecule has 0 aromatic rings. The summed E-state index contributed by atoms with van der Waals surface area (Å²) in [7, 11) is -1.35. The van der Waals surface area contributed by atoms with E-state index in [0.29, 0.717) is 25.8 Å². The number of hydrogen-bond acceptors (Lipinski definition) is 9. The highest BCUT2D eigenvalue weighted by Crippen LogP contribution is 2.19. The van der Waals surface area contributed by atoms with Gasteiger partial charge in [0.1, 0.15) is 0 Å². The number of rotatable bonds is 12. The van der Waals surface area contributed by atoms with Gasteiger partial charge in [0.25, 0.3) is 21.9 Å². The van der Waals surface area contributed by atoms with Gasteiger partial charge in [-0.05, 0) is 33.4 Å². The van der Waals surface area contributed by atoms with E-state index in [2.05, 4.69) is 15.5 Å². The molecule has 1 fully saturated rings. The normalized spacial score (nSPS) is 17.6. The van der Waals surface area contributed by atoms with Crippen molar-refractivity contribution in [2.75, 3.05) is 27.2 Å². The van der Waals surface area contributed by atoms with Crippen LogP contribution in [0.3, 0.4) is 0 Å². The van der Waals surface area contributed by atoms with Crippen LogP contribution in [0.2, 0.25) is 0 Å². The Hall–Kier alpha value is -2.58. The summed E-state index contributed by atoms with van der Waals surface area (Å²) >= 11 is 0. The number of carbonyl (C=O) groups excluding carboxylic acids is 5. The average Bonchev–Trinajstić information content (AvgIpc) is 2.92. The van der Waals surface area contributed by atoms with E-state index in [1.54, 1.807) is 19.0 Å². The molecule has 0 radical (unpaired) electrons. The molecule has 0 bridgehead atoms. The molecule has 1 rings (SSSR count). The van der Waals surface area contributed by atoms with Crippen molar-refractivity contribution in [3.8, 4) is 0 Å². The maximum absolute atomic E-state index is 12.4. The van der Waals surface area contributed by atoms with Crippen LogP contribution in [-0.4, -0.2) is 91.0 Å². The van der Waals surface area contributed by atoms with Crippen molar-refractivity contribution in [1.82, 2.24) is 20.6 Å². The minimum absolute atomic E-state index is 0.0142. The molecule has 1 saturated heterocycles. The van der Waals surface area contributed by atoms with Crippen molar-refractivity contribution in [2.24, 2.45) is 0 Å². The van der Waals surface area contributed by atoms with E-state index in [1.807, 2.05) is 0 Å². The molecule has 4 amide bonds. The Morgan fingerprint density at radius 3 is 2.35 bits per heavy atom. The Kier molecular flexibility index (Phi) is 10.00. The number of nitrogens with one attached hydrogen (secondary N) is 2. The number of hydroxylamine groups is 2. The highest BCUT2D eigenvalue weighted by atomic mass is 32.2. The molecule has 176 valence electrons. The van der Waals surface area contributed by atoms with Gasteiger partial charge in [-0.25, -0.2) is 4.79 Å². The molecule has 3 N–H and O–H groups in total. The Balaban J connectivity index is 2.44. The van der Waals surface area contributed by atoms with Gasteiger partial charge in [0, 0.05) is 20.0 Å². The maximum atomic E-state index is 12.4. The van der Waals surface area contributed by atoms with Crippen molar-refractivity contribution in [2.45, 2.75) is 50.3 Å². The maximum Gasteiger partial charge on any atom is 0.334 e. The number of likely N-dealkylation sites (N-methyl/N-ethyl adjacent to an activating group) is 1. The Labute approximate surface area is 180 Å². The third-order valence-corrected chi connectivity index (χ3v) is 5.53. The van der Waals surface area contributed by atoms with Gasteiger partial charge >= 0.3 is 5.97 Å². The minimum Gasteiger partial charge on any atom is -0.356 e. The van der Waals surface area contributed by atoms with E-state index in [1.165, 1.54) is 6.92 Å². The average molecular weight is 468 g/mol. The van der Waals surface area contributed by atoms with E-state index in [9.17, 15) is 32.4 Å². The Bertz CT molecular complexity index is 812. The molecule has 2 unspecified atom stereocenters. The standard InChI is InChI=1S/C17H28N4O9S/c1-11(22)18-8-5-4-6-12(20(2)3)16(25)19-9-7-15(24)30-21-14(23)10-13(17(21)26)31(27,28)29/h12-13H,4-10H2,1-3H3,(H,18,22)(H,19,25)(H,27,28,29)/i1+1,2+1,3+1,19+1. The number of amides is 4. The van der Waals surface area contributed by atoms with Crippen molar-refractivity contribution in [3.63, 3.8) is 0 Å². The summed E-state index contributed by atoms with van der Waals surface area (Å²) in [6.45, 7) is 1.80. The smallest absolute Gasteiger partial charge is 0.334 e. The summed E-state index contributed by atoms with van der Waals surface area (Å²) in [6, 6.07) is -0.467. The van der Waals surface area contributed by atoms with Gasteiger partial charge in [-0.2, -0.15) is 8.42 Å². The quantitative estimate of drug-likeness (QED) is 0.0972. The predicted octanol–water partition coefficient (Wildman–Crippen LogP) is -1.80. The van der Waals surface area contributed by atoms with Crippen LogP contribution in [0, 0.1) is 0 Å². The fourth-order valence-corrected chi connectivity index (χ4v) is 3.52. The second-order valence-electron chi connectivity index (χ2n) is 7.20. The molecule has 1 aliphatic heterocycles. The monoisotopic (exact) mass is 468 g/mol. The molecule has 1 aliphatic rings. The fourth-order valence-electron chi connectivity index (χ4n) is 2.82. The van der Waals surface area contributed by atoms with E-state index in [-0.39, 0.29) is 29.8 Å². The molecule has 1 heterocycles. The van der Waals surface area contributed by atoms with Crippen LogP contribution in [0.1, 0.15) is 39.0 Å². The number of unbranched alkanes of at least 4 members (excludes halogenated alkanes) is 1. The third kappa shape index (κ3) is 8.59. The largest absolute Gasteiger partial charge is 0.356 e. The summed E-state index contributed by atoms with van der Waals surface area (Å²) in [5.41, 5.74) is 0. The lowest BCUT2D eigenvalue weighted by Crippen LogP contribution is -2.44. The molecular formula is C17H28N4O9S. The zero-order valence-electron chi connectivity index (χ0n) is 17.6. The molecule has 2 atom stereocenters. The van der Waals surface area contributed by atoms with Crippen LogP contribution in [0.25, 0.3) is 0 Å². The summed E-state index contributed by atoms with van der Waals surface area (Å²) < 4.78 is 31.1. The Morgan fingerprint density at radius 2 is 1.84 bits per heavy atom. The number of imide groups is 1. The Morgan fingerprint density at radius 1 is 1.19 bits per heavy atom. The highest BCUT2D eigenvalue weighted by Gasteiger charge is 2.48. The van der Waals surface area contributed by atoms with Gasteiger partial charge in [-0.1, -0.05) is 0 Å². The van der Waals surface area contributed by atoms with E-state index < -0.39 is 45.6 Å². The van der Waals surface area contributed by atoms with Gasteiger partial charge in [0.15, 0.2) is 5.25 Å². The van der Waals surface area contributed by atoms with Gasteiger partial charge in [0.2, 0.25) is 11.8 Å². The van der Waals surface area contributed by atoms with Crippen LogP contribution >= 0.6 is 0 Å². The minimum atomic E-state index is -4.80. The van der Waals surface area contributed by atoms with E-state index in [0.717, 1.165) is 0 Å². The number of hydrogen-bond donors (Lipinski definition) is 3. The van der Waals surface area contributed by atoms with Gasteiger partial charge in [0.05, 0.1) is 18.9 Å². The van der Waals surface area contributed by atoms with Crippen molar-refractivity contribution in [3.05, 3.63) is 0 Å². The van der Waals surface area contributed by atoms with Gasteiger partial charge < -0.3 is 15.5 Å². The lowest BCUT2D eigenvalue weighted by molar-refractivity contribution is -0.197. The molecular weight excluding hydrogens is 440 g/mol. The fraction of sp³-hybridized carbons (Fsp3) is 0.706. The summed E-state index contributed by atoms with van der Waals surface area (Å²) in [5.74, 6) is -3.92. The molecule has 0 aromatic carbocycles. The first-order valence-corrected chi connectivity index (χ1v) is 11.1. The SMILES string of the molecule is [13CH3]C(=O)NCCCCC(C(=O)[15NH]CCC(=O)ON1C(=O)CC(S(=O)(=O)O)C1=O)N([13CH3])[13CH3]. The first-order chi connectivity index (χ1) is 14.3. The summed E-state index contributed by atoms with van der Waals surface area (Å²) in [6.07, 6.45) is 0.714. The van der Waals surface area contributed by atoms with Gasteiger partial charge in [-0.15, -0.1) is 5.06 Å². The molecule has 0 saturated carbocycles. The zero-order valence-corrected chi connectivity index (χ0v) is 18.4. The topological polar surface area (TPSA) is 179 Å². The first-order valence-electron chi connectivity index (χ1n) is 9.57. The van der Waals surface area contributed by atoms with Crippen molar-refractivity contribution >= 4 is 39.7 Å². The van der Waals surface area contributed by atoms with Crippen LogP contribution in [0.4, 0.5) is 0 Å². The number of nitrogens with zero attached hydrogens (tertiary/aromatic N) is 2. The van der Waals surface area contributed by atoms with Crippen LogP contribution < -0.4 is 10.6 Å². The molecule has 0 spiro atoms.